The van der Waals surface area contributed by atoms with Gasteiger partial charge in [-0.25, -0.2) is 0 Å². The molecule has 0 spiro atoms. The standard InChI is InChI=1S/C23H32O3.CH4O2/c1-6-7-8-9-17-13-20(25-16(3)24)22-18-12-15(2)10-11-19(18)23(4,5)26-21(22)14-17;2-1-3/h12-14,18-19H,6-11H2,1-5H3;2-3H,1H2. The summed E-state index contributed by atoms with van der Waals surface area (Å²) in [7, 11) is 0. The molecule has 1 heterocycles. The number of unbranched alkanes of at least 4 members (excludes halogenated alkanes) is 2. The van der Waals surface area contributed by atoms with Crippen LogP contribution in [0, 0.1) is 5.92 Å². The fourth-order valence-electron chi connectivity index (χ4n) is 4.52. The molecule has 0 radical (unpaired) electrons. The quantitative estimate of drug-likeness (QED) is 0.240. The van der Waals surface area contributed by atoms with Crippen LogP contribution in [0.1, 0.15) is 83.8 Å². The first-order chi connectivity index (χ1) is 13.7. The van der Waals surface area contributed by atoms with E-state index in [4.69, 9.17) is 19.7 Å². The van der Waals surface area contributed by atoms with Crippen molar-refractivity contribution < 1.29 is 24.5 Å². The number of rotatable bonds is 5. The first-order valence-electron chi connectivity index (χ1n) is 10.7. The Morgan fingerprint density at radius 3 is 2.59 bits per heavy atom. The molecular formula is C24H36O5. The Balaban J connectivity index is 0.000000941. The second-order valence-electron chi connectivity index (χ2n) is 8.59. The molecule has 0 amide bonds. The third-order valence-electron chi connectivity index (χ3n) is 5.83. The van der Waals surface area contributed by atoms with Crippen LogP contribution in [0.5, 0.6) is 11.5 Å². The monoisotopic (exact) mass is 404 g/mol. The smallest absolute Gasteiger partial charge is 0.308 e. The minimum Gasteiger partial charge on any atom is -0.487 e. The van der Waals surface area contributed by atoms with Crippen LogP contribution in [-0.4, -0.2) is 28.6 Å². The maximum atomic E-state index is 11.7. The van der Waals surface area contributed by atoms with Gasteiger partial charge in [-0.05, 0) is 64.2 Å². The van der Waals surface area contributed by atoms with E-state index in [-0.39, 0.29) is 17.5 Å². The maximum Gasteiger partial charge on any atom is 0.308 e. The lowest BCUT2D eigenvalue weighted by Gasteiger charge is -2.46. The lowest BCUT2D eigenvalue weighted by Crippen LogP contribution is -2.45. The van der Waals surface area contributed by atoms with Gasteiger partial charge in [0.1, 0.15) is 23.9 Å². The highest BCUT2D eigenvalue weighted by molar-refractivity contribution is 5.71. The number of carbonyl (C=O) groups excluding carboxylic acids is 1. The fraction of sp³-hybridized carbons (Fsp3) is 0.625. The summed E-state index contributed by atoms with van der Waals surface area (Å²) in [4.78, 5) is 11.7. The van der Waals surface area contributed by atoms with E-state index in [2.05, 4.69) is 45.9 Å². The molecule has 2 N–H and O–H groups in total. The number of benzene rings is 1. The second kappa shape index (κ2) is 10.3. The van der Waals surface area contributed by atoms with E-state index in [9.17, 15) is 4.79 Å². The van der Waals surface area contributed by atoms with Gasteiger partial charge in [-0.15, -0.1) is 0 Å². The molecule has 0 fully saturated rings. The van der Waals surface area contributed by atoms with E-state index in [1.54, 1.807) is 0 Å². The van der Waals surface area contributed by atoms with Crippen molar-refractivity contribution in [1.29, 1.82) is 0 Å². The molecule has 29 heavy (non-hydrogen) atoms. The van der Waals surface area contributed by atoms with Gasteiger partial charge in [0.2, 0.25) is 0 Å². The van der Waals surface area contributed by atoms with Crippen molar-refractivity contribution in [1.82, 2.24) is 0 Å². The molecule has 0 saturated heterocycles. The van der Waals surface area contributed by atoms with Gasteiger partial charge < -0.3 is 19.7 Å². The van der Waals surface area contributed by atoms with Crippen molar-refractivity contribution in [3.05, 3.63) is 34.9 Å². The number of carbonyl (C=O) groups is 1. The molecule has 5 nitrogen and oxygen atoms in total. The van der Waals surface area contributed by atoms with E-state index >= 15 is 0 Å². The number of hydrogen-bond acceptors (Lipinski definition) is 5. The molecule has 1 aromatic carbocycles. The summed E-state index contributed by atoms with van der Waals surface area (Å²) in [5.41, 5.74) is 3.45. The van der Waals surface area contributed by atoms with Gasteiger partial charge in [-0.3, -0.25) is 4.79 Å². The van der Waals surface area contributed by atoms with Crippen molar-refractivity contribution in [2.24, 2.45) is 5.92 Å². The van der Waals surface area contributed by atoms with Crippen LogP contribution in [0.15, 0.2) is 23.8 Å². The van der Waals surface area contributed by atoms with E-state index in [0.717, 1.165) is 37.0 Å². The molecule has 3 rings (SSSR count). The Bertz CT molecular complexity index is 735. The largest absolute Gasteiger partial charge is 0.487 e. The van der Waals surface area contributed by atoms with Crippen molar-refractivity contribution in [3.8, 4) is 11.5 Å². The normalized spacial score (nSPS) is 21.6. The van der Waals surface area contributed by atoms with Gasteiger partial charge in [-0.1, -0.05) is 31.4 Å². The Morgan fingerprint density at radius 1 is 1.28 bits per heavy atom. The number of ether oxygens (including phenoxy) is 2. The van der Waals surface area contributed by atoms with E-state index in [1.165, 1.54) is 30.9 Å². The molecule has 2 atom stereocenters. The number of aliphatic hydroxyl groups is 2. The van der Waals surface area contributed by atoms with Gasteiger partial charge in [-0.2, -0.15) is 0 Å². The van der Waals surface area contributed by atoms with Crippen molar-refractivity contribution in [2.75, 3.05) is 6.79 Å². The fourth-order valence-corrected chi connectivity index (χ4v) is 4.52. The van der Waals surface area contributed by atoms with Crippen LogP contribution in [0.25, 0.3) is 0 Å². The molecule has 1 aromatic rings. The molecule has 0 aromatic heterocycles. The Labute approximate surface area is 174 Å². The van der Waals surface area contributed by atoms with Crippen LogP contribution >= 0.6 is 0 Å². The van der Waals surface area contributed by atoms with Crippen molar-refractivity contribution in [2.45, 2.75) is 84.7 Å². The van der Waals surface area contributed by atoms with Crippen molar-refractivity contribution in [3.63, 3.8) is 0 Å². The molecule has 162 valence electrons. The first-order valence-corrected chi connectivity index (χ1v) is 10.7. The van der Waals surface area contributed by atoms with E-state index in [1.807, 2.05) is 0 Å². The predicted molar refractivity (Wildman–Crippen MR) is 114 cm³/mol. The van der Waals surface area contributed by atoms with Gasteiger partial charge >= 0.3 is 5.97 Å². The molecule has 1 aliphatic heterocycles. The first kappa shape index (κ1) is 23.4. The Kier molecular flexibility index (Phi) is 8.29. The number of esters is 1. The Morgan fingerprint density at radius 2 is 1.97 bits per heavy atom. The lowest BCUT2D eigenvalue weighted by molar-refractivity contribution is -0.132. The summed E-state index contributed by atoms with van der Waals surface area (Å²) in [5, 5.41) is 14.2. The summed E-state index contributed by atoms with van der Waals surface area (Å²) in [6.45, 7) is 9.52. The lowest BCUT2D eigenvalue weighted by atomic mass is 9.68. The summed E-state index contributed by atoms with van der Waals surface area (Å²) in [6.07, 6.45) is 9.11. The summed E-state index contributed by atoms with van der Waals surface area (Å²) < 4.78 is 12.1. The third-order valence-corrected chi connectivity index (χ3v) is 5.83. The van der Waals surface area contributed by atoms with Crippen LogP contribution in [-0.2, 0) is 11.2 Å². The number of allylic oxidation sites excluding steroid dienone is 2. The highest BCUT2D eigenvalue weighted by atomic mass is 16.5. The van der Waals surface area contributed by atoms with Gasteiger partial charge in [0.05, 0.1) is 0 Å². The van der Waals surface area contributed by atoms with E-state index < -0.39 is 6.79 Å². The minimum atomic E-state index is -0.750. The second-order valence-corrected chi connectivity index (χ2v) is 8.59. The molecule has 0 bridgehead atoms. The van der Waals surface area contributed by atoms with E-state index in [0.29, 0.717) is 11.7 Å². The predicted octanol–water partition coefficient (Wildman–Crippen LogP) is 4.88. The molecule has 1 aliphatic carbocycles. The van der Waals surface area contributed by atoms with Crippen molar-refractivity contribution >= 4 is 5.97 Å². The zero-order valence-electron chi connectivity index (χ0n) is 18.5. The summed E-state index contributed by atoms with van der Waals surface area (Å²) in [6, 6.07) is 4.24. The van der Waals surface area contributed by atoms with Crippen LogP contribution in [0.3, 0.4) is 0 Å². The summed E-state index contributed by atoms with van der Waals surface area (Å²) in [5.74, 6) is 1.97. The minimum absolute atomic E-state index is 0.218. The summed E-state index contributed by atoms with van der Waals surface area (Å²) >= 11 is 0. The molecule has 2 aliphatic rings. The molecule has 0 saturated carbocycles. The number of aryl methyl sites for hydroxylation is 1. The topological polar surface area (TPSA) is 76.0 Å². The van der Waals surface area contributed by atoms with Crippen LogP contribution in [0.4, 0.5) is 0 Å². The number of aliphatic hydroxyl groups excluding tert-OH is 1. The van der Waals surface area contributed by atoms with Gasteiger partial charge in [0.15, 0.2) is 0 Å². The van der Waals surface area contributed by atoms with Crippen LogP contribution in [0.2, 0.25) is 0 Å². The van der Waals surface area contributed by atoms with Crippen LogP contribution < -0.4 is 9.47 Å². The average Bonchev–Trinajstić information content (AvgIpc) is 2.61. The molecule has 2 unspecified atom stereocenters. The average molecular weight is 405 g/mol. The third kappa shape index (κ3) is 5.83. The highest BCUT2D eigenvalue weighted by Gasteiger charge is 2.45. The SMILES string of the molecule is CCCCCc1cc(OC(C)=O)c2c(c1)OC(C)(C)C1CCC(C)=CC21.OCO. The highest BCUT2D eigenvalue weighted by Crippen LogP contribution is 2.53. The zero-order valence-corrected chi connectivity index (χ0v) is 18.5. The molecule has 5 heteroatoms. The number of fused-ring (bicyclic) bond motifs is 3. The Hall–Kier alpha value is -1.85. The maximum absolute atomic E-state index is 11.7. The zero-order chi connectivity index (χ0) is 21.6. The van der Waals surface area contributed by atoms with Gasteiger partial charge in [0.25, 0.3) is 0 Å². The molecular weight excluding hydrogens is 368 g/mol. The number of hydrogen-bond donors (Lipinski definition) is 2. The van der Waals surface area contributed by atoms with Gasteiger partial charge in [0, 0.05) is 24.3 Å².